The molecule has 0 saturated carbocycles. The molecule has 0 aliphatic rings. The molecule has 0 aliphatic carbocycles. The summed E-state index contributed by atoms with van der Waals surface area (Å²) >= 11 is 0. The lowest BCUT2D eigenvalue weighted by Gasteiger charge is -2.30. The van der Waals surface area contributed by atoms with Crippen LogP contribution < -0.4 is 0 Å². The van der Waals surface area contributed by atoms with E-state index in [1.165, 1.54) is 235 Å². The number of hydrogen-bond donors (Lipinski definition) is 0. The van der Waals surface area contributed by atoms with Crippen LogP contribution in [0.5, 0.6) is 0 Å². The van der Waals surface area contributed by atoms with Crippen LogP contribution in [0.15, 0.2) is 29.2 Å². The third-order valence-corrected chi connectivity index (χ3v) is 11.4. The second kappa shape index (κ2) is 35.1. The average molecular weight is 722 g/mol. The lowest BCUT2D eigenvalue weighted by molar-refractivity contribution is -0.890. The minimum absolute atomic E-state index is 0.178. The first kappa shape index (κ1) is 49.1. The fourth-order valence-electron chi connectivity index (χ4n) is 6.99. The number of quaternary nitrogens is 1. The molecule has 0 aliphatic heterocycles. The van der Waals surface area contributed by atoms with E-state index >= 15 is 0 Å². The summed E-state index contributed by atoms with van der Waals surface area (Å²) in [5.74, 6) is 0. The molecule has 4 nitrogen and oxygen atoms in total. The zero-order chi connectivity index (χ0) is 37.0. The quantitative estimate of drug-likeness (QED) is 0.0398. The Hall–Kier alpha value is -0.910. The summed E-state index contributed by atoms with van der Waals surface area (Å²) in [5.41, 5.74) is 0.928. The maximum atomic E-state index is 10.4. The molecule has 0 fully saturated rings. The van der Waals surface area contributed by atoms with Crippen LogP contribution in [0.2, 0.25) is 0 Å². The second-order valence-electron chi connectivity index (χ2n) is 16.3. The molecule has 0 N–H and O–H groups in total. The highest BCUT2D eigenvalue weighted by Gasteiger charge is 2.13. The number of nitrogens with zero attached hydrogens (tertiary/aromatic N) is 1. The first-order valence-corrected chi connectivity index (χ1v) is 23.4. The zero-order valence-corrected chi connectivity index (χ0v) is 35.2. The average Bonchev–Trinajstić information content (AvgIpc) is 3.08. The molecular weight excluding hydrogens is 635 g/mol. The van der Waals surface area contributed by atoms with Crippen LogP contribution in [0, 0.1) is 6.92 Å². The van der Waals surface area contributed by atoms with E-state index in [1.54, 1.807) is 12.1 Å². The van der Waals surface area contributed by atoms with Crippen LogP contribution >= 0.6 is 0 Å². The highest BCUT2D eigenvalue weighted by Crippen LogP contribution is 2.16. The van der Waals surface area contributed by atoms with Gasteiger partial charge in [-0.15, -0.1) is 0 Å². The summed E-state index contributed by atoms with van der Waals surface area (Å²) < 4.78 is 32.4. The molecule has 0 aromatic heterocycles. The Morgan fingerprint density at radius 1 is 0.420 bits per heavy atom. The van der Waals surface area contributed by atoms with Crippen LogP contribution in [0.1, 0.15) is 225 Å². The smallest absolute Gasteiger partial charge is 0.124 e. The van der Waals surface area contributed by atoms with Crippen LogP contribution in [-0.2, 0) is 10.1 Å². The lowest BCUT2D eigenvalue weighted by Crippen LogP contribution is -2.41. The van der Waals surface area contributed by atoms with Crippen molar-refractivity contribution in [1.82, 2.24) is 0 Å². The van der Waals surface area contributed by atoms with Gasteiger partial charge >= 0.3 is 0 Å². The molecule has 0 amide bonds. The van der Waals surface area contributed by atoms with Crippen LogP contribution in [0.3, 0.4) is 0 Å². The van der Waals surface area contributed by atoms with Gasteiger partial charge in [-0.05, 0) is 44.7 Å². The third kappa shape index (κ3) is 35.5. The molecule has 0 bridgehead atoms. The molecule has 1 aromatic rings. The summed E-state index contributed by atoms with van der Waals surface area (Å²) in [6.07, 6.45) is 46.9. The number of hydrogen-bond acceptors (Lipinski definition) is 3. The zero-order valence-electron chi connectivity index (χ0n) is 34.4. The third-order valence-electron chi connectivity index (χ3n) is 10.5. The number of aryl methyl sites for hydroxylation is 1. The largest absolute Gasteiger partial charge is 0.744 e. The van der Waals surface area contributed by atoms with Gasteiger partial charge in [0, 0.05) is 0 Å². The van der Waals surface area contributed by atoms with Crippen molar-refractivity contribution in [3.63, 3.8) is 0 Å². The Bertz CT molecular complexity index is 890. The highest BCUT2D eigenvalue weighted by molar-refractivity contribution is 7.85. The van der Waals surface area contributed by atoms with Gasteiger partial charge < -0.3 is 9.04 Å². The molecule has 0 spiro atoms. The lowest BCUT2D eigenvalue weighted by atomic mass is 10.0. The van der Waals surface area contributed by atoms with E-state index in [1.807, 2.05) is 6.92 Å². The number of unbranched alkanes of at least 4 members (excludes halogenated alkanes) is 30. The highest BCUT2D eigenvalue weighted by atomic mass is 32.2. The summed E-state index contributed by atoms with van der Waals surface area (Å²) in [6, 6.07) is 5.78. The van der Waals surface area contributed by atoms with Crippen molar-refractivity contribution in [3.8, 4) is 0 Å². The fourth-order valence-corrected chi connectivity index (χ4v) is 7.46. The van der Waals surface area contributed by atoms with Crippen molar-refractivity contribution in [2.45, 2.75) is 231 Å². The van der Waals surface area contributed by atoms with E-state index in [0.29, 0.717) is 0 Å². The van der Waals surface area contributed by atoms with Crippen molar-refractivity contribution < 1.29 is 17.5 Å². The summed E-state index contributed by atoms with van der Waals surface area (Å²) in [6.45, 7) is 9.21. The van der Waals surface area contributed by atoms with E-state index < -0.39 is 10.1 Å². The SMILES string of the molecule is CCCCCCCCCCCCCCCCCC[N+](C)(C)CCCCCCCCCCCCCCCCCC.Cc1ccc(S(=O)(=O)[O-])cc1. The van der Waals surface area contributed by atoms with Crippen LogP contribution in [0.25, 0.3) is 0 Å². The maximum Gasteiger partial charge on any atom is 0.124 e. The van der Waals surface area contributed by atoms with Gasteiger partial charge in [0.25, 0.3) is 0 Å². The Balaban J connectivity index is 0.00000183. The van der Waals surface area contributed by atoms with Gasteiger partial charge in [-0.1, -0.05) is 211 Å². The van der Waals surface area contributed by atoms with Gasteiger partial charge in [-0.3, -0.25) is 0 Å². The van der Waals surface area contributed by atoms with Gasteiger partial charge in [0.05, 0.1) is 32.1 Å². The minimum atomic E-state index is -4.27. The van der Waals surface area contributed by atoms with Crippen molar-refractivity contribution in [1.29, 1.82) is 0 Å². The molecule has 0 unspecified atom stereocenters. The predicted molar refractivity (Wildman–Crippen MR) is 220 cm³/mol. The summed E-state index contributed by atoms with van der Waals surface area (Å²) in [4.78, 5) is -0.178. The molecule has 1 rings (SSSR count). The van der Waals surface area contributed by atoms with Crippen LogP contribution in [0.4, 0.5) is 0 Å². The van der Waals surface area contributed by atoms with E-state index in [4.69, 9.17) is 0 Å². The Morgan fingerprint density at radius 3 is 0.860 bits per heavy atom. The van der Waals surface area contributed by atoms with Gasteiger partial charge in [-0.25, -0.2) is 8.42 Å². The number of benzene rings is 1. The first-order chi connectivity index (χ1) is 24.1. The Morgan fingerprint density at radius 2 is 0.640 bits per heavy atom. The molecule has 0 heterocycles. The van der Waals surface area contributed by atoms with Gasteiger partial charge in [0.15, 0.2) is 0 Å². The van der Waals surface area contributed by atoms with Gasteiger partial charge in [0.1, 0.15) is 10.1 Å². The Kier molecular flexibility index (Phi) is 34.5. The first-order valence-electron chi connectivity index (χ1n) is 22.0. The standard InChI is InChI=1S/C38H80N.C7H8O3S/c1-5-7-9-11-13-15-17-19-21-23-25-27-29-31-33-35-37-39(3,4)38-36-34-32-30-28-26-24-22-20-18-16-14-12-10-8-6-2;1-6-2-4-7(5-3-6)11(8,9)10/h5-38H2,1-4H3;2-5H,1H3,(H,8,9,10)/q+1;/p-1. The summed E-state index contributed by atoms with van der Waals surface area (Å²) in [7, 11) is 0.668. The van der Waals surface area contributed by atoms with Crippen molar-refractivity contribution in [2.75, 3.05) is 27.2 Å². The van der Waals surface area contributed by atoms with E-state index in [9.17, 15) is 13.0 Å². The molecule has 296 valence electrons. The fraction of sp³-hybridized carbons (Fsp3) is 0.867. The topological polar surface area (TPSA) is 57.2 Å². The number of rotatable bonds is 35. The van der Waals surface area contributed by atoms with Crippen molar-refractivity contribution in [3.05, 3.63) is 29.8 Å². The van der Waals surface area contributed by atoms with E-state index in [-0.39, 0.29) is 4.90 Å². The molecule has 5 heteroatoms. The summed E-state index contributed by atoms with van der Waals surface area (Å²) in [5, 5.41) is 0. The van der Waals surface area contributed by atoms with Gasteiger partial charge in [0.2, 0.25) is 0 Å². The minimum Gasteiger partial charge on any atom is -0.744 e. The molecule has 0 radical (unpaired) electrons. The molecule has 1 aromatic carbocycles. The van der Waals surface area contributed by atoms with Crippen molar-refractivity contribution >= 4 is 10.1 Å². The second-order valence-corrected chi connectivity index (χ2v) is 17.6. The monoisotopic (exact) mass is 722 g/mol. The van der Waals surface area contributed by atoms with Crippen LogP contribution in [-0.4, -0.2) is 44.6 Å². The molecule has 0 saturated heterocycles. The predicted octanol–water partition coefficient (Wildman–Crippen LogP) is 14.5. The maximum absolute atomic E-state index is 10.4. The molecule has 50 heavy (non-hydrogen) atoms. The Labute approximate surface area is 314 Å². The normalized spacial score (nSPS) is 11.9. The van der Waals surface area contributed by atoms with Gasteiger partial charge in [-0.2, -0.15) is 0 Å². The van der Waals surface area contributed by atoms with E-state index in [2.05, 4.69) is 27.9 Å². The molecule has 0 atom stereocenters. The molecular formula is C45H87NO3S. The van der Waals surface area contributed by atoms with E-state index in [0.717, 1.165) is 5.56 Å². The van der Waals surface area contributed by atoms with Crippen molar-refractivity contribution in [2.24, 2.45) is 0 Å².